The molecular formula is C8H6N2O2. The number of carboxylic acid groups (broad SMARTS) is 1. The van der Waals surface area contributed by atoms with E-state index in [1.165, 1.54) is 10.6 Å². The fourth-order valence-electron chi connectivity index (χ4n) is 1.11. The first-order valence-corrected chi connectivity index (χ1v) is 3.45. The maximum atomic E-state index is 10.7. The van der Waals surface area contributed by atoms with Crippen molar-refractivity contribution in [3.63, 3.8) is 0 Å². The highest BCUT2D eigenvalue weighted by Gasteiger charge is 2.06. The van der Waals surface area contributed by atoms with E-state index in [1.807, 2.05) is 0 Å². The number of aromatic nitrogens is 2. The summed E-state index contributed by atoms with van der Waals surface area (Å²) in [6, 6.07) is 6.77. The minimum atomic E-state index is -0.968. The van der Waals surface area contributed by atoms with Crippen molar-refractivity contribution in [3.8, 4) is 0 Å². The van der Waals surface area contributed by atoms with Gasteiger partial charge in [0.15, 0.2) is 0 Å². The van der Waals surface area contributed by atoms with E-state index in [2.05, 4.69) is 5.10 Å². The predicted octanol–water partition coefficient (Wildman–Crippen LogP) is 1.03. The van der Waals surface area contributed by atoms with Crippen LogP contribution in [-0.2, 0) is 0 Å². The van der Waals surface area contributed by atoms with E-state index in [-0.39, 0.29) is 5.69 Å². The van der Waals surface area contributed by atoms with Gasteiger partial charge in [-0.3, -0.25) is 0 Å². The molecule has 0 saturated carbocycles. The third kappa shape index (κ3) is 0.852. The van der Waals surface area contributed by atoms with Gasteiger partial charge in [0.2, 0.25) is 0 Å². The second-order valence-corrected chi connectivity index (χ2v) is 2.38. The molecule has 0 atom stereocenters. The number of hydrogen-bond donors (Lipinski definition) is 1. The van der Waals surface area contributed by atoms with Gasteiger partial charge in [-0.05, 0) is 18.2 Å². The summed E-state index contributed by atoms with van der Waals surface area (Å²) in [5, 5.41) is 12.6. The normalized spacial score (nSPS) is 10.3. The Hall–Kier alpha value is -1.84. The molecule has 0 amide bonds. The maximum absolute atomic E-state index is 10.7. The Balaban J connectivity index is 2.82. The highest BCUT2D eigenvalue weighted by atomic mass is 16.4. The molecule has 0 unspecified atom stereocenters. The molecule has 0 aliphatic rings. The van der Waals surface area contributed by atoms with Crippen LogP contribution in [0.2, 0.25) is 0 Å². The number of pyridine rings is 1. The molecule has 0 bridgehead atoms. The molecule has 1 N–H and O–H groups in total. The molecule has 0 spiro atoms. The van der Waals surface area contributed by atoms with Gasteiger partial charge in [-0.15, -0.1) is 0 Å². The average Bonchev–Trinajstić information content (AvgIpc) is 2.49. The van der Waals surface area contributed by atoms with Crippen LogP contribution in [0.4, 0.5) is 0 Å². The van der Waals surface area contributed by atoms with Crippen LogP contribution in [0.15, 0.2) is 30.5 Å². The van der Waals surface area contributed by atoms with Gasteiger partial charge in [0.05, 0.1) is 11.7 Å². The number of hydrogen-bond acceptors (Lipinski definition) is 2. The summed E-state index contributed by atoms with van der Waals surface area (Å²) in [6.45, 7) is 0. The van der Waals surface area contributed by atoms with E-state index >= 15 is 0 Å². The fraction of sp³-hybridized carbons (Fsp3) is 0. The molecule has 2 heterocycles. The first-order valence-electron chi connectivity index (χ1n) is 3.45. The quantitative estimate of drug-likeness (QED) is 0.681. The van der Waals surface area contributed by atoms with Gasteiger partial charge in [-0.2, -0.15) is 5.10 Å². The van der Waals surface area contributed by atoms with Crippen LogP contribution < -0.4 is 0 Å². The average molecular weight is 162 g/mol. The number of rotatable bonds is 1. The third-order valence-electron chi connectivity index (χ3n) is 1.64. The van der Waals surface area contributed by atoms with E-state index < -0.39 is 5.97 Å². The van der Waals surface area contributed by atoms with Gasteiger partial charge in [-0.1, -0.05) is 6.07 Å². The summed E-state index contributed by atoms with van der Waals surface area (Å²) >= 11 is 0. The number of nitrogens with zero attached hydrogens (tertiary/aromatic N) is 2. The van der Waals surface area contributed by atoms with Gasteiger partial charge in [0, 0.05) is 0 Å². The maximum Gasteiger partial charge on any atom is 0.354 e. The van der Waals surface area contributed by atoms with Crippen LogP contribution in [0, 0.1) is 0 Å². The SMILES string of the molecule is O=C(O)c1cccc2ccnn12. The Kier molecular flexibility index (Phi) is 1.33. The molecule has 2 aromatic rings. The number of aromatic carboxylic acids is 1. The Bertz CT molecular complexity index is 433. The zero-order chi connectivity index (χ0) is 8.55. The third-order valence-corrected chi connectivity index (χ3v) is 1.64. The molecule has 2 aromatic heterocycles. The molecule has 60 valence electrons. The molecular weight excluding hydrogens is 156 g/mol. The van der Waals surface area contributed by atoms with Crippen LogP contribution >= 0.6 is 0 Å². The van der Waals surface area contributed by atoms with Crippen molar-refractivity contribution in [3.05, 3.63) is 36.2 Å². The summed E-state index contributed by atoms with van der Waals surface area (Å²) in [7, 11) is 0. The number of carbonyl (C=O) groups is 1. The topological polar surface area (TPSA) is 54.6 Å². The van der Waals surface area contributed by atoms with Gasteiger partial charge in [0.1, 0.15) is 5.69 Å². The van der Waals surface area contributed by atoms with E-state index in [4.69, 9.17) is 5.11 Å². The van der Waals surface area contributed by atoms with Crippen molar-refractivity contribution >= 4 is 11.5 Å². The van der Waals surface area contributed by atoms with E-state index in [0.29, 0.717) is 0 Å². The van der Waals surface area contributed by atoms with Crippen LogP contribution in [0.1, 0.15) is 10.5 Å². The first-order chi connectivity index (χ1) is 5.79. The van der Waals surface area contributed by atoms with Crippen molar-refractivity contribution in [1.82, 2.24) is 9.61 Å². The molecule has 4 nitrogen and oxygen atoms in total. The monoisotopic (exact) mass is 162 g/mol. The van der Waals surface area contributed by atoms with E-state index in [1.54, 1.807) is 24.4 Å². The smallest absolute Gasteiger partial charge is 0.354 e. The number of carboxylic acids is 1. The molecule has 0 radical (unpaired) electrons. The summed E-state index contributed by atoms with van der Waals surface area (Å²) in [4.78, 5) is 10.7. The Labute approximate surface area is 68.1 Å². The van der Waals surface area contributed by atoms with Gasteiger partial charge < -0.3 is 5.11 Å². The number of fused-ring (bicyclic) bond motifs is 1. The lowest BCUT2D eigenvalue weighted by Gasteiger charge is -1.97. The van der Waals surface area contributed by atoms with Crippen molar-refractivity contribution in [2.24, 2.45) is 0 Å². The lowest BCUT2D eigenvalue weighted by molar-refractivity contribution is 0.0687. The molecule has 0 aliphatic carbocycles. The Morgan fingerprint density at radius 2 is 2.25 bits per heavy atom. The van der Waals surface area contributed by atoms with Crippen molar-refractivity contribution in [2.45, 2.75) is 0 Å². The summed E-state index contributed by atoms with van der Waals surface area (Å²) in [5.74, 6) is -0.968. The summed E-state index contributed by atoms with van der Waals surface area (Å²) in [6.07, 6.45) is 1.57. The summed E-state index contributed by atoms with van der Waals surface area (Å²) in [5.41, 5.74) is 0.965. The largest absolute Gasteiger partial charge is 0.477 e. The van der Waals surface area contributed by atoms with Gasteiger partial charge >= 0.3 is 5.97 Å². The van der Waals surface area contributed by atoms with Crippen molar-refractivity contribution in [1.29, 1.82) is 0 Å². The van der Waals surface area contributed by atoms with Gasteiger partial charge in [-0.25, -0.2) is 9.31 Å². The minimum absolute atomic E-state index is 0.178. The second-order valence-electron chi connectivity index (χ2n) is 2.38. The molecule has 0 aromatic carbocycles. The standard InChI is InChI=1S/C8H6N2O2/c11-8(12)7-3-1-2-6-4-5-9-10(6)7/h1-5H,(H,11,12). The van der Waals surface area contributed by atoms with Crippen LogP contribution in [-0.4, -0.2) is 20.7 Å². The molecule has 12 heavy (non-hydrogen) atoms. The van der Waals surface area contributed by atoms with Crippen LogP contribution in [0.5, 0.6) is 0 Å². The fourth-order valence-corrected chi connectivity index (χ4v) is 1.11. The highest BCUT2D eigenvalue weighted by Crippen LogP contribution is 2.05. The Morgan fingerprint density at radius 1 is 1.42 bits per heavy atom. The summed E-state index contributed by atoms with van der Waals surface area (Å²) < 4.78 is 1.39. The van der Waals surface area contributed by atoms with E-state index in [0.717, 1.165) is 5.52 Å². The zero-order valence-electron chi connectivity index (χ0n) is 6.14. The highest BCUT2D eigenvalue weighted by molar-refractivity contribution is 5.86. The van der Waals surface area contributed by atoms with Gasteiger partial charge in [0.25, 0.3) is 0 Å². The van der Waals surface area contributed by atoms with Crippen molar-refractivity contribution in [2.75, 3.05) is 0 Å². The van der Waals surface area contributed by atoms with E-state index in [9.17, 15) is 4.79 Å². The zero-order valence-corrected chi connectivity index (χ0v) is 6.14. The Morgan fingerprint density at radius 3 is 3.00 bits per heavy atom. The second kappa shape index (κ2) is 2.34. The van der Waals surface area contributed by atoms with Crippen molar-refractivity contribution < 1.29 is 9.90 Å². The molecule has 0 aliphatic heterocycles. The lowest BCUT2D eigenvalue weighted by atomic mass is 10.3. The first kappa shape index (κ1) is 6.84. The lowest BCUT2D eigenvalue weighted by Crippen LogP contribution is -2.05. The predicted molar refractivity (Wildman–Crippen MR) is 42.2 cm³/mol. The molecule has 4 heteroatoms. The van der Waals surface area contributed by atoms with Crippen LogP contribution in [0.3, 0.4) is 0 Å². The molecule has 0 fully saturated rings. The molecule has 2 rings (SSSR count). The minimum Gasteiger partial charge on any atom is -0.477 e. The molecule has 0 saturated heterocycles. The van der Waals surface area contributed by atoms with Crippen LogP contribution in [0.25, 0.3) is 5.52 Å².